The van der Waals surface area contributed by atoms with Gasteiger partial charge in [-0.05, 0) is 36.4 Å². The molecule has 0 saturated heterocycles. The molecule has 51 heavy (non-hydrogen) atoms. The Kier molecular flexibility index (Phi) is 7.62. The number of hydrogen-bond donors (Lipinski definition) is 3. The maximum atomic E-state index is 13.0. The number of benzene rings is 4. The van der Waals surface area contributed by atoms with Gasteiger partial charge in [0.1, 0.15) is 0 Å². The van der Waals surface area contributed by atoms with Crippen molar-refractivity contribution in [1.29, 1.82) is 0 Å². The van der Waals surface area contributed by atoms with E-state index >= 15 is 0 Å². The molecule has 0 unspecified atom stereocenters. The Morgan fingerprint density at radius 3 is 0.902 bits per heavy atom. The first-order valence-electron chi connectivity index (χ1n) is 15.1. The van der Waals surface area contributed by atoms with E-state index in [0.29, 0.717) is 65.4 Å². The quantitative estimate of drug-likeness (QED) is 0.150. The minimum Gasteiger partial charge on any atom is -0.465 e. The molecule has 15 nitrogen and oxygen atoms in total. The number of carbonyl (C=O) groups excluding carboxylic acids is 6. The van der Waals surface area contributed by atoms with Crippen molar-refractivity contribution in [3.8, 4) is 0 Å². The zero-order chi connectivity index (χ0) is 36.5. The predicted octanol–water partition coefficient (Wildman–Crippen LogP) is 5.31. The number of carbonyl (C=O) groups is 6. The highest BCUT2D eigenvalue weighted by molar-refractivity contribution is 6.40. The lowest BCUT2D eigenvalue weighted by atomic mass is 9.96. The van der Waals surface area contributed by atoms with Crippen LogP contribution in [0.15, 0.2) is 36.4 Å². The van der Waals surface area contributed by atoms with Crippen molar-refractivity contribution < 1.29 is 57.2 Å². The van der Waals surface area contributed by atoms with Gasteiger partial charge in [0.2, 0.25) is 0 Å². The molecule has 0 aliphatic heterocycles. The Labute approximate surface area is 285 Å². The Balaban J connectivity index is 1.76. The van der Waals surface area contributed by atoms with E-state index in [1.807, 2.05) is 0 Å². The smallest absolute Gasteiger partial charge is 0.338 e. The van der Waals surface area contributed by atoms with Gasteiger partial charge < -0.3 is 43.4 Å². The van der Waals surface area contributed by atoms with Crippen LogP contribution in [0, 0.1) is 0 Å². The molecule has 3 aromatic heterocycles. The maximum Gasteiger partial charge on any atom is 0.338 e. The number of H-pyrrole nitrogens is 3. The van der Waals surface area contributed by atoms with E-state index in [1.165, 1.54) is 79.1 Å². The second-order valence-electron chi connectivity index (χ2n) is 11.4. The topological polar surface area (TPSA) is 205 Å². The van der Waals surface area contributed by atoms with E-state index in [2.05, 4.69) is 15.0 Å². The van der Waals surface area contributed by atoms with Crippen LogP contribution in [0.5, 0.6) is 0 Å². The van der Waals surface area contributed by atoms with Gasteiger partial charge in [-0.2, -0.15) is 0 Å². The highest BCUT2D eigenvalue weighted by Gasteiger charge is 2.29. The first kappa shape index (κ1) is 32.6. The van der Waals surface area contributed by atoms with Crippen molar-refractivity contribution in [3.63, 3.8) is 0 Å². The highest BCUT2D eigenvalue weighted by atomic mass is 16.5. The number of rotatable bonds is 6. The standard InChI is InChI=1S/C36H27N3O12/c1-46-31(40)13-7-19-22(10-16(13)34(43)49-4)37-28-25(19)26-20-8-14(32(41)47-2)17(35(44)50-5)11-23(20)38-29(26)30-27(28)21-9-15(33(42)48-3)18(36(45)51-6)12-24(21)39-30/h7-12,37-39H,1-6H3. The molecule has 3 N–H and O–H groups in total. The average Bonchev–Trinajstić information content (AvgIpc) is 3.84. The van der Waals surface area contributed by atoms with E-state index < -0.39 is 35.8 Å². The Bertz CT molecular complexity index is 2730. The first-order valence-corrected chi connectivity index (χ1v) is 15.1. The molecule has 0 atom stereocenters. The summed E-state index contributed by atoms with van der Waals surface area (Å²) in [6.45, 7) is 0. The normalized spacial score (nSPS) is 11.4. The molecule has 0 amide bonds. The lowest BCUT2D eigenvalue weighted by molar-refractivity contribution is 0.0555. The fourth-order valence-corrected chi connectivity index (χ4v) is 6.74. The number of aromatic nitrogens is 3. The molecule has 7 aromatic rings. The minimum absolute atomic E-state index is 0.0416. The summed E-state index contributed by atoms with van der Waals surface area (Å²) >= 11 is 0. The van der Waals surface area contributed by atoms with Crippen molar-refractivity contribution in [2.75, 3.05) is 42.7 Å². The molecule has 0 radical (unpaired) electrons. The molecule has 0 aliphatic rings. The molecule has 0 spiro atoms. The summed E-state index contributed by atoms with van der Waals surface area (Å²) in [4.78, 5) is 87.6. The highest BCUT2D eigenvalue weighted by Crippen LogP contribution is 2.46. The molecular formula is C36H27N3O12. The zero-order valence-corrected chi connectivity index (χ0v) is 27.9. The summed E-state index contributed by atoms with van der Waals surface area (Å²) in [7, 11) is 7.13. The van der Waals surface area contributed by atoms with Gasteiger partial charge in [-0.3, -0.25) is 0 Å². The molecule has 0 fully saturated rings. The zero-order valence-electron chi connectivity index (χ0n) is 27.9. The monoisotopic (exact) mass is 693 g/mol. The van der Waals surface area contributed by atoms with Crippen molar-refractivity contribution >= 4 is 101 Å². The summed E-state index contributed by atoms with van der Waals surface area (Å²) < 4.78 is 29.9. The van der Waals surface area contributed by atoms with E-state index in [4.69, 9.17) is 28.4 Å². The molecular weight excluding hydrogens is 666 g/mol. The molecule has 0 aliphatic carbocycles. The third kappa shape index (κ3) is 4.65. The van der Waals surface area contributed by atoms with Gasteiger partial charge in [0.05, 0.1) is 92.6 Å². The van der Waals surface area contributed by atoms with Crippen LogP contribution in [0.4, 0.5) is 0 Å². The summed E-state index contributed by atoms with van der Waals surface area (Å²) in [5.41, 5.74) is 2.49. The summed E-state index contributed by atoms with van der Waals surface area (Å²) in [6, 6.07) is 8.95. The van der Waals surface area contributed by atoms with E-state index in [-0.39, 0.29) is 33.4 Å². The largest absolute Gasteiger partial charge is 0.465 e. The fraction of sp³-hybridized carbons (Fsp3) is 0.167. The van der Waals surface area contributed by atoms with Crippen LogP contribution < -0.4 is 0 Å². The number of nitrogens with one attached hydrogen (secondary N) is 3. The van der Waals surface area contributed by atoms with Gasteiger partial charge in [-0.15, -0.1) is 0 Å². The lowest BCUT2D eigenvalue weighted by Gasteiger charge is -2.08. The van der Waals surface area contributed by atoms with Crippen LogP contribution in [0.3, 0.4) is 0 Å². The number of aromatic amines is 3. The SMILES string of the molecule is COC(=O)c1cc2[nH]c3c4[nH]c5cc(C(=O)OC)c(C(=O)OC)cc5c4c4c5cc(C(=O)OC)c(C(=O)OC)cc5[nH]c4c3c2cc1C(=O)OC. The van der Waals surface area contributed by atoms with Crippen LogP contribution in [-0.4, -0.2) is 93.4 Å². The summed E-state index contributed by atoms with van der Waals surface area (Å²) in [5.74, 6) is -4.66. The number of fused-ring (bicyclic) bond motifs is 12. The van der Waals surface area contributed by atoms with Gasteiger partial charge in [0.15, 0.2) is 0 Å². The second kappa shape index (κ2) is 11.9. The van der Waals surface area contributed by atoms with E-state index in [0.717, 1.165) is 0 Å². The Morgan fingerprint density at radius 2 is 0.588 bits per heavy atom. The molecule has 258 valence electrons. The summed E-state index contributed by atoms with van der Waals surface area (Å²) in [5, 5.41) is 3.12. The van der Waals surface area contributed by atoms with Gasteiger partial charge in [0.25, 0.3) is 0 Å². The van der Waals surface area contributed by atoms with Crippen LogP contribution in [0.2, 0.25) is 0 Å². The van der Waals surface area contributed by atoms with E-state index in [1.54, 1.807) is 0 Å². The molecule has 0 bridgehead atoms. The minimum atomic E-state index is -0.788. The van der Waals surface area contributed by atoms with E-state index in [9.17, 15) is 28.8 Å². The van der Waals surface area contributed by atoms with Crippen LogP contribution in [0.25, 0.3) is 65.4 Å². The molecule has 3 heterocycles. The van der Waals surface area contributed by atoms with Crippen molar-refractivity contribution in [1.82, 2.24) is 15.0 Å². The van der Waals surface area contributed by atoms with Crippen LogP contribution in [-0.2, 0) is 28.4 Å². The molecule has 15 heteroatoms. The van der Waals surface area contributed by atoms with Crippen LogP contribution >= 0.6 is 0 Å². The maximum absolute atomic E-state index is 13.0. The third-order valence-electron chi connectivity index (χ3n) is 8.99. The van der Waals surface area contributed by atoms with Crippen molar-refractivity contribution in [2.45, 2.75) is 0 Å². The number of hydrogen-bond acceptors (Lipinski definition) is 12. The number of methoxy groups -OCH3 is 6. The lowest BCUT2D eigenvalue weighted by Crippen LogP contribution is -2.11. The van der Waals surface area contributed by atoms with Crippen LogP contribution in [0.1, 0.15) is 62.1 Å². The molecule has 7 rings (SSSR count). The number of esters is 6. The second-order valence-corrected chi connectivity index (χ2v) is 11.4. The van der Waals surface area contributed by atoms with Gasteiger partial charge in [0, 0.05) is 48.9 Å². The van der Waals surface area contributed by atoms with Gasteiger partial charge in [-0.1, -0.05) is 0 Å². The molecule has 4 aromatic carbocycles. The third-order valence-corrected chi connectivity index (χ3v) is 8.99. The van der Waals surface area contributed by atoms with Crippen molar-refractivity contribution in [2.24, 2.45) is 0 Å². The van der Waals surface area contributed by atoms with Gasteiger partial charge in [-0.25, -0.2) is 28.8 Å². The predicted molar refractivity (Wildman–Crippen MR) is 183 cm³/mol. The summed E-state index contributed by atoms with van der Waals surface area (Å²) in [6.07, 6.45) is 0. The van der Waals surface area contributed by atoms with Crippen molar-refractivity contribution in [3.05, 3.63) is 69.8 Å². The molecule has 0 saturated carbocycles. The fourth-order valence-electron chi connectivity index (χ4n) is 6.74. The Hall–Kier alpha value is -6.90. The average molecular weight is 694 g/mol. The van der Waals surface area contributed by atoms with Gasteiger partial charge >= 0.3 is 35.8 Å². The Morgan fingerprint density at radius 1 is 0.353 bits per heavy atom. The number of ether oxygens (including phenoxy) is 6. The first-order chi connectivity index (χ1) is 24.5.